The van der Waals surface area contributed by atoms with Crippen LogP contribution in [0.25, 0.3) is 0 Å². The van der Waals surface area contributed by atoms with Crippen LogP contribution in [0.15, 0.2) is 30.3 Å². The molecule has 1 aliphatic heterocycles. The molecule has 2 aromatic rings. The molecule has 134 valence electrons. The number of halogens is 1. The number of hydrogen-bond acceptors (Lipinski definition) is 5. The van der Waals surface area contributed by atoms with Crippen molar-refractivity contribution in [3.63, 3.8) is 0 Å². The van der Waals surface area contributed by atoms with Gasteiger partial charge in [-0.3, -0.25) is 4.79 Å². The molecule has 1 aromatic carbocycles. The number of aryl methyl sites for hydroxylation is 2. The number of ketones is 1. The Bertz CT molecular complexity index is 808. The summed E-state index contributed by atoms with van der Waals surface area (Å²) < 4.78 is 0. The molecule has 1 saturated heterocycles. The molecule has 1 fully saturated rings. The first-order valence-corrected chi connectivity index (χ1v) is 9.24. The Labute approximate surface area is 158 Å². The molecule has 1 aromatic heterocycles. The minimum atomic E-state index is -0.124. The summed E-state index contributed by atoms with van der Waals surface area (Å²) in [6.07, 6.45) is 4.02. The Morgan fingerprint density at radius 3 is 2.81 bits per heavy atom. The number of carbonyl (C=O) groups is 1. The third-order valence-corrected chi connectivity index (χ3v) is 4.88. The Morgan fingerprint density at radius 1 is 1.35 bits per heavy atom. The van der Waals surface area contributed by atoms with Gasteiger partial charge >= 0.3 is 0 Å². The van der Waals surface area contributed by atoms with Gasteiger partial charge in [-0.1, -0.05) is 23.7 Å². The van der Waals surface area contributed by atoms with Crippen molar-refractivity contribution in [3.8, 4) is 6.07 Å². The zero-order valence-electron chi connectivity index (χ0n) is 14.8. The molecule has 1 aliphatic rings. The van der Waals surface area contributed by atoms with Crippen LogP contribution < -0.4 is 4.90 Å². The number of nitriles is 1. The SMILES string of the molecule is Cc1nc(Cl)cc(N2CCC[C@H]2C(=O)CCCc2ccc(C#N)cc2)n1. The van der Waals surface area contributed by atoms with Crippen molar-refractivity contribution in [1.82, 2.24) is 9.97 Å². The lowest BCUT2D eigenvalue weighted by atomic mass is 10.0. The van der Waals surface area contributed by atoms with Gasteiger partial charge < -0.3 is 4.90 Å². The maximum absolute atomic E-state index is 12.7. The average Bonchev–Trinajstić information content (AvgIpc) is 3.11. The van der Waals surface area contributed by atoms with Crippen molar-refractivity contribution >= 4 is 23.2 Å². The highest BCUT2D eigenvalue weighted by Crippen LogP contribution is 2.27. The van der Waals surface area contributed by atoms with Crippen LogP contribution >= 0.6 is 11.6 Å². The summed E-state index contributed by atoms with van der Waals surface area (Å²) in [5.74, 6) is 1.61. The molecular weight excluding hydrogens is 348 g/mol. The second-order valence-corrected chi connectivity index (χ2v) is 6.96. The van der Waals surface area contributed by atoms with Crippen LogP contribution in [-0.2, 0) is 11.2 Å². The lowest BCUT2D eigenvalue weighted by Crippen LogP contribution is -2.36. The van der Waals surface area contributed by atoms with Gasteiger partial charge in [0.05, 0.1) is 17.7 Å². The molecule has 0 amide bonds. The largest absolute Gasteiger partial charge is 0.346 e. The van der Waals surface area contributed by atoms with Crippen LogP contribution in [0.5, 0.6) is 0 Å². The monoisotopic (exact) mass is 368 g/mol. The highest BCUT2D eigenvalue weighted by Gasteiger charge is 2.31. The van der Waals surface area contributed by atoms with Crippen molar-refractivity contribution in [3.05, 3.63) is 52.4 Å². The van der Waals surface area contributed by atoms with Crippen molar-refractivity contribution in [2.45, 2.75) is 45.1 Å². The van der Waals surface area contributed by atoms with Crippen molar-refractivity contribution in [2.24, 2.45) is 0 Å². The lowest BCUT2D eigenvalue weighted by molar-refractivity contribution is -0.120. The lowest BCUT2D eigenvalue weighted by Gasteiger charge is -2.25. The number of Topliss-reactive ketones (excluding diaryl/α,β-unsaturated/α-hetero) is 1. The van der Waals surface area contributed by atoms with E-state index in [9.17, 15) is 4.79 Å². The highest BCUT2D eigenvalue weighted by atomic mass is 35.5. The predicted molar refractivity (Wildman–Crippen MR) is 101 cm³/mol. The van der Waals surface area contributed by atoms with Gasteiger partial charge in [0.2, 0.25) is 0 Å². The molecule has 0 radical (unpaired) electrons. The first kappa shape index (κ1) is 18.3. The molecule has 5 nitrogen and oxygen atoms in total. The fourth-order valence-electron chi connectivity index (χ4n) is 3.42. The van der Waals surface area contributed by atoms with Gasteiger partial charge in [0.25, 0.3) is 0 Å². The highest BCUT2D eigenvalue weighted by molar-refractivity contribution is 6.29. The molecule has 0 N–H and O–H groups in total. The number of aromatic nitrogens is 2. The molecule has 0 unspecified atom stereocenters. The van der Waals surface area contributed by atoms with E-state index in [1.807, 2.05) is 24.3 Å². The summed E-state index contributed by atoms with van der Waals surface area (Å²) in [6.45, 7) is 2.62. The van der Waals surface area contributed by atoms with Gasteiger partial charge in [-0.25, -0.2) is 9.97 Å². The van der Waals surface area contributed by atoms with Crippen molar-refractivity contribution < 1.29 is 4.79 Å². The third-order valence-electron chi connectivity index (χ3n) is 4.68. The first-order valence-electron chi connectivity index (χ1n) is 8.86. The van der Waals surface area contributed by atoms with E-state index in [1.165, 1.54) is 0 Å². The molecule has 2 heterocycles. The molecule has 1 atom stereocenters. The fraction of sp³-hybridized carbons (Fsp3) is 0.400. The van der Waals surface area contributed by atoms with Crippen LogP contribution in [-0.4, -0.2) is 28.3 Å². The van der Waals surface area contributed by atoms with Crippen LogP contribution in [0.4, 0.5) is 5.82 Å². The number of nitrogens with zero attached hydrogens (tertiary/aromatic N) is 4. The van der Waals surface area contributed by atoms with Gasteiger partial charge in [0, 0.05) is 19.0 Å². The first-order chi connectivity index (χ1) is 12.6. The molecule has 0 aliphatic carbocycles. The molecule has 26 heavy (non-hydrogen) atoms. The quantitative estimate of drug-likeness (QED) is 0.724. The average molecular weight is 369 g/mol. The second-order valence-electron chi connectivity index (χ2n) is 6.58. The number of hydrogen-bond donors (Lipinski definition) is 0. The number of anilines is 1. The summed E-state index contributed by atoms with van der Waals surface area (Å²) in [7, 11) is 0. The van der Waals surface area contributed by atoms with Crippen LogP contribution in [0, 0.1) is 18.3 Å². The van der Waals surface area contributed by atoms with E-state index in [0.29, 0.717) is 23.0 Å². The summed E-state index contributed by atoms with van der Waals surface area (Å²) in [4.78, 5) is 23.3. The van der Waals surface area contributed by atoms with Gasteiger partial charge in [-0.2, -0.15) is 5.26 Å². The Hall–Kier alpha value is -2.45. The number of benzene rings is 1. The minimum Gasteiger partial charge on any atom is -0.346 e. The zero-order chi connectivity index (χ0) is 18.5. The normalized spacial score (nSPS) is 16.5. The van der Waals surface area contributed by atoms with Gasteiger partial charge in [-0.15, -0.1) is 0 Å². The maximum Gasteiger partial charge on any atom is 0.155 e. The Balaban J connectivity index is 1.58. The van der Waals surface area contributed by atoms with E-state index >= 15 is 0 Å². The summed E-state index contributed by atoms with van der Waals surface area (Å²) in [5.41, 5.74) is 1.81. The topological polar surface area (TPSA) is 69.9 Å². The second kappa shape index (κ2) is 8.29. The van der Waals surface area contributed by atoms with Crippen LogP contribution in [0.2, 0.25) is 5.15 Å². The summed E-state index contributed by atoms with van der Waals surface area (Å²) in [5, 5.41) is 9.24. The zero-order valence-corrected chi connectivity index (χ0v) is 15.5. The Morgan fingerprint density at radius 2 is 2.12 bits per heavy atom. The summed E-state index contributed by atoms with van der Waals surface area (Å²) >= 11 is 6.05. The number of rotatable bonds is 6. The maximum atomic E-state index is 12.7. The van der Waals surface area contributed by atoms with Crippen molar-refractivity contribution in [2.75, 3.05) is 11.4 Å². The molecule has 3 rings (SSSR count). The van der Waals surface area contributed by atoms with Gasteiger partial charge in [0.1, 0.15) is 16.8 Å². The van der Waals surface area contributed by atoms with Gasteiger partial charge in [-0.05, 0) is 50.3 Å². The van der Waals surface area contributed by atoms with Gasteiger partial charge in [0.15, 0.2) is 5.78 Å². The third kappa shape index (κ3) is 4.39. The standard InChI is InChI=1S/C20H21ClN4O/c1-14-23-19(21)12-20(24-14)25-11-3-5-17(25)18(26)6-2-4-15-7-9-16(13-22)10-8-15/h7-10,12,17H,2-6,11H2,1H3/t17-/m0/s1. The smallest absolute Gasteiger partial charge is 0.155 e. The van der Waals surface area contributed by atoms with E-state index in [2.05, 4.69) is 20.9 Å². The molecular formula is C20H21ClN4O. The van der Waals surface area contributed by atoms with E-state index < -0.39 is 0 Å². The minimum absolute atomic E-state index is 0.124. The summed E-state index contributed by atoms with van der Waals surface area (Å²) in [6, 6.07) is 11.3. The Kier molecular flexibility index (Phi) is 5.85. The van der Waals surface area contributed by atoms with Crippen molar-refractivity contribution in [1.29, 1.82) is 5.26 Å². The van der Waals surface area contributed by atoms with E-state index in [0.717, 1.165) is 43.6 Å². The van der Waals surface area contributed by atoms with E-state index in [-0.39, 0.29) is 11.8 Å². The molecule has 0 saturated carbocycles. The van der Waals surface area contributed by atoms with E-state index in [4.69, 9.17) is 16.9 Å². The fourth-order valence-corrected chi connectivity index (χ4v) is 3.64. The molecule has 6 heteroatoms. The van der Waals surface area contributed by atoms with Crippen LogP contribution in [0.1, 0.15) is 42.6 Å². The van der Waals surface area contributed by atoms with E-state index in [1.54, 1.807) is 13.0 Å². The van der Waals surface area contributed by atoms with Crippen LogP contribution in [0.3, 0.4) is 0 Å². The molecule has 0 bridgehead atoms. The predicted octanol–water partition coefficient (Wildman–Crippen LogP) is 3.87. The molecule has 0 spiro atoms. The number of carbonyl (C=O) groups excluding carboxylic acids is 1.